The normalized spacial score (nSPS) is 29.7. The molecule has 0 aromatic heterocycles. The van der Waals surface area contributed by atoms with E-state index in [4.69, 9.17) is 0 Å². The third kappa shape index (κ3) is 3.63. The zero-order valence-corrected chi connectivity index (χ0v) is 12.7. The van der Waals surface area contributed by atoms with Gasteiger partial charge in [-0.3, -0.25) is 9.69 Å². The van der Waals surface area contributed by atoms with E-state index in [1.165, 1.54) is 5.56 Å². The molecule has 2 aliphatic rings. The number of hydrogen-bond acceptors (Lipinski definition) is 3. The molecule has 4 heteroatoms. The predicted octanol–water partition coefficient (Wildman–Crippen LogP) is 1.38. The smallest absolute Gasteiger partial charge is 0.237 e. The van der Waals surface area contributed by atoms with Crippen molar-refractivity contribution in [1.29, 1.82) is 0 Å². The van der Waals surface area contributed by atoms with Gasteiger partial charge in [-0.1, -0.05) is 37.3 Å². The number of carbonyl (C=O) groups is 1. The highest BCUT2D eigenvalue weighted by Crippen LogP contribution is 2.17. The quantitative estimate of drug-likeness (QED) is 0.879. The van der Waals surface area contributed by atoms with Crippen molar-refractivity contribution in [2.45, 2.75) is 38.4 Å². The second-order valence-electron chi connectivity index (χ2n) is 6.41. The zero-order valence-electron chi connectivity index (χ0n) is 12.7. The summed E-state index contributed by atoms with van der Waals surface area (Å²) in [6.45, 7) is 6.12. The lowest BCUT2D eigenvalue weighted by Gasteiger charge is -2.20. The van der Waals surface area contributed by atoms with Gasteiger partial charge in [-0.25, -0.2) is 0 Å². The average molecular weight is 287 g/mol. The van der Waals surface area contributed by atoms with E-state index in [0.717, 1.165) is 39.0 Å². The van der Waals surface area contributed by atoms with E-state index in [-0.39, 0.29) is 11.9 Å². The summed E-state index contributed by atoms with van der Waals surface area (Å²) in [5.74, 6) is 0.637. The number of hydrogen-bond donors (Lipinski definition) is 2. The molecule has 21 heavy (non-hydrogen) atoms. The van der Waals surface area contributed by atoms with Gasteiger partial charge in [0.05, 0.1) is 6.04 Å². The molecule has 3 unspecified atom stereocenters. The molecule has 0 aliphatic carbocycles. The number of carbonyl (C=O) groups excluding carboxylic acids is 1. The van der Waals surface area contributed by atoms with Crippen molar-refractivity contribution in [1.82, 2.24) is 15.5 Å². The molecule has 2 aliphatic heterocycles. The largest absolute Gasteiger partial charge is 0.351 e. The van der Waals surface area contributed by atoms with Crippen LogP contribution >= 0.6 is 0 Å². The standard InChI is InChI=1S/C17H25N3O/c1-13-7-9-18-16(13)17(21)19-15-8-10-20(12-15)11-14-5-3-2-4-6-14/h2-6,13,15-16,18H,7-12H2,1H3,(H,19,21). The minimum atomic E-state index is 0.00757. The first-order valence-corrected chi connectivity index (χ1v) is 8.02. The van der Waals surface area contributed by atoms with Crippen molar-refractivity contribution in [3.05, 3.63) is 35.9 Å². The molecule has 114 valence electrons. The van der Waals surface area contributed by atoms with Crippen LogP contribution in [0.3, 0.4) is 0 Å². The van der Waals surface area contributed by atoms with Gasteiger partial charge < -0.3 is 10.6 Å². The van der Waals surface area contributed by atoms with Crippen LogP contribution in [0.2, 0.25) is 0 Å². The van der Waals surface area contributed by atoms with Crippen LogP contribution in [-0.4, -0.2) is 42.5 Å². The summed E-state index contributed by atoms with van der Waals surface area (Å²) in [5, 5.41) is 6.53. The van der Waals surface area contributed by atoms with Crippen molar-refractivity contribution < 1.29 is 4.79 Å². The van der Waals surface area contributed by atoms with Crippen LogP contribution in [0.15, 0.2) is 30.3 Å². The van der Waals surface area contributed by atoms with Gasteiger partial charge in [0.15, 0.2) is 0 Å². The van der Waals surface area contributed by atoms with E-state index >= 15 is 0 Å². The Bertz CT molecular complexity index is 476. The van der Waals surface area contributed by atoms with Crippen molar-refractivity contribution >= 4 is 5.91 Å². The Morgan fingerprint density at radius 1 is 1.33 bits per heavy atom. The molecular formula is C17H25N3O. The number of benzene rings is 1. The maximum absolute atomic E-state index is 12.3. The number of nitrogens with one attached hydrogen (secondary N) is 2. The Kier molecular flexibility index (Phi) is 4.56. The summed E-state index contributed by atoms with van der Waals surface area (Å²) >= 11 is 0. The number of nitrogens with zero attached hydrogens (tertiary/aromatic N) is 1. The van der Waals surface area contributed by atoms with E-state index in [9.17, 15) is 4.79 Å². The molecule has 0 bridgehead atoms. The van der Waals surface area contributed by atoms with Crippen molar-refractivity contribution in [2.24, 2.45) is 5.92 Å². The molecule has 2 fully saturated rings. The van der Waals surface area contributed by atoms with E-state index in [1.54, 1.807) is 0 Å². The fourth-order valence-corrected chi connectivity index (χ4v) is 3.41. The van der Waals surface area contributed by atoms with Gasteiger partial charge in [-0.2, -0.15) is 0 Å². The highest BCUT2D eigenvalue weighted by atomic mass is 16.2. The molecule has 1 amide bonds. The Morgan fingerprint density at radius 2 is 2.14 bits per heavy atom. The first kappa shape index (κ1) is 14.5. The molecule has 2 N–H and O–H groups in total. The Labute approximate surface area is 126 Å². The first-order chi connectivity index (χ1) is 10.2. The number of likely N-dealkylation sites (tertiary alicyclic amines) is 1. The van der Waals surface area contributed by atoms with Crippen LogP contribution in [0.4, 0.5) is 0 Å². The minimum Gasteiger partial charge on any atom is -0.351 e. The molecule has 2 saturated heterocycles. The monoisotopic (exact) mass is 287 g/mol. The van der Waals surface area contributed by atoms with Gasteiger partial charge in [0.1, 0.15) is 0 Å². The molecule has 0 radical (unpaired) electrons. The summed E-state index contributed by atoms with van der Waals surface area (Å²) in [4.78, 5) is 14.7. The van der Waals surface area contributed by atoms with Crippen LogP contribution < -0.4 is 10.6 Å². The third-order valence-corrected chi connectivity index (χ3v) is 4.68. The van der Waals surface area contributed by atoms with E-state index in [0.29, 0.717) is 12.0 Å². The number of amides is 1. The Hall–Kier alpha value is -1.39. The van der Waals surface area contributed by atoms with Gasteiger partial charge in [0, 0.05) is 25.7 Å². The van der Waals surface area contributed by atoms with Gasteiger partial charge in [0.25, 0.3) is 0 Å². The summed E-state index contributed by atoms with van der Waals surface area (Å²) < 4.78 is 0. The molecule has 3 atom stereocenters. The van der Waals surface area contributed by atoms with Crippen molar-refractivity contribution in [2.75, 3.05) is 19.6 Å². The molecule has 3 rings (SSSR count). The van der Waals surface area contributed by atoms with E-state index in [2.05, 4.69) is 46.7 Å². The minimum absolute atomic E-state index is 0.00757. The molecule has 1 aromatic rings. The van der Waals surface area contributed by atoms with Gasteiger partial charge in [-0.05, 0) is 30.9 Å². The molecule has 0 spiro atoms. The first-order valence-electron chi connectivity index (χ1n) is 8.02. The number of rotatable bonds is 4. The second kappa shape index (κ2) is 6.58. The maximum Gasteiger partial charge on any atom is 0.237 e. The van der Waals surface area contributed by atoms with Gasteiger partial charge in [0.2, 0.25) is 5.91 Å². The van der Waals surface area contributed by atoms with Crippen molar-refractivity contribution in [3.8, 4) is 0 Å². The van der Waals surface area contributed by atoms with E-state index < -0.39 is 0 Å². The van der Waals surface area contributed by atoms with Crippen LogP contribution in [0, 0.1) is 5.92 Å². The highest BCUT2D eigenvalue weighted by Gasteiger charge is 2.32. The SMILES string of the molecule is CC1CCNC1C(=O)NC1CCN(Cc2ccccc2)C1. The van der Waals surface area contributed by atoms with Gasteiger partial charge in [-0.15, -0.1) is 0 Å². The molecule has 2 heterocycles. The summed E-state index contributed by atoms with van der Waals surface area (Å²) in [6, 6.07) is 10.8. The highest BCUT2D eigenvalue weighted by molar-refractivity contribution is 5.82. The van der Waals surface area contributed by atoms with Crippen LogP contribution in [-0.2, 0) is 11.3 Å². The Morgan fingerprint density at radius 3 is 2.86 bits per heavy atom. The fraction of sp³-hybridized carbons (Fsp3) is 0.588. The van der Waals surface area contributed by atoms with Crippen LogP contribution in [0.5, 0.6) is 0 Å². The fourth-order valence-electron chi connectivity index (χ4n) is 3.41. The lowest BCUT2D eigenvalue weighted by Crippen LogP contribution is -2.48. The summed E-state index contributed by atoms with van der Waals surface area (Å²) in [5.41, 5.74) is 1.34. The Balaban J connectivity index is 1.47. The van der Waals surface area contributed by atoms with Crippen molar-refractivity contribution in [3.63, 3.8) is 0 Å². The summed E-state index contributed by atoms with van der Waals surface area (Å²) in [7, 11) is 0. The lowest BCUT2D eigenvalue weighted by atomic mass is 10.0. The maximum atomic E-state index is 12.3. The third-order valence-electron chi connectivity index (χ3n) is 4.68. The topological polar surface area (TPSA) is 44.4 Å². The lowest BCUT2D eigenvalue weighted by molar-refractivity contribution is -0.124. The molecular weight excluding hydrogens is 262 g/mol. The van der Waals surface area contributed by atoms with Gasteiger partial charge >= 0.3 is 0 Å². The molecule has 1 aromatic carbocycles. The van der Waals surface area contributed by atoms with E-state index in [1.807, 2.05) is 6.07 Å². The van der Waals surface area contributed by atoms with Crippen LogP contribution in [0.1, 0.15) is 25.3 Å². The molecule has 4 nitrogen and oxygen atoms in total. The molecule has 0 saturated carbocycles. The zero-order chi connectivity index (χ0) is 14.7. The predicted molar refractivity (Wildman–Crippen MR) is 83.8 cm³/mol. The summed E-state index contributed by atoms with van der Waals surface area (Å²) in [6.07, 6.45) is 2.16. The average Bonchev–Trinajstić information content (AvgIpc) is 3.09. The van der Waals surface area contributed by atoms with Crippen LogP contribution in [0.25, 0.3) is 0 Å². The second-order valence-corrected chi connectivity index (χ2v) is 6.41.